The fourth-order valence-corrected chi connectivity index (χ4v) is 3.13. The molecule has 110 valence electrons. The Kier molecular flexibility index (Phi) is 4.95. The summed E-state index contributed by atoms with van der Waals surface area (Å²) in [6.45, 7) is 5.81. The minimum absolute atomic E-state index is 0.248. The third-order valence-corrected chi connectivity index (χ3v) is 4.47. The predicted octanol–water partition coefficient (Wildman–Crippen LogP) is 3.93. The maximum Gasteiger partial charge on any atom is 0.341 e. The summed E-state index contributed by atoms with van der Waals surface area (Å²) >= 11 is 12.1. The molecule has 0 bridgehead atoms. The molecule has 1 aliphatic rings. The molecule has 0 atom stereocenters. The highest BCUT2D eigenvalue weighted by Gasteiger charge is 2.35. The molecule has 1 aromatic carbocycles. The van der Waals surface area contributed by atoms with Gasteiger partial charge in [-0.15, -0.1) is 0 Å². The molecular formula is C15H19Cl2NO2. The lowest BCUT2D eigenvalue weighted by molar-refractivity contribution is -0.0367. The fourth-order valence-electron chi connectivity index (χ4n) is 2.58. The number of carbonyl (C=O) groups is 1. The molecule has 1 saturated heterocycles. The van der Waals surface area contributed by atoms with E-state index in [4.69, 9.17) is 27.9 Å². The molecule has 5 heteroatoms. The van der Waals surface area contributed by atoms with Crippen molar-refractivity contribution in [2.45, 2.75) is 32.3 Å². The fraction of sp³-hybridized carbons (Fsp3) is 0.533. The Labute approximate surface area is 129 Å². The van der Waals surface area contributed by atoms with Gasteiger partial charge in [-0.1, -0.05) is 29.3 Å². The van der Waals surface area contributed by atoms with E-state index in [1.165, 1.54) is 0 Å². The number of hydrogen-bond acceptors (Lipinski definition) is 3. The predicted molar refractivity (Wildman–Crippen MR) is 81.6 cm³/mol. The molecule has 0 spiro atoms. The topological polar surface area (TPSA) is 38.3 Å². The molecule has 0 unspecified atom stereocenters. The van der Waals surface area contributed by atoms with Crippen LogP contribution < -0.4 is 5.32 Å². The summed E-state index contributed by atoms with van der Waals surface area (Å²) in [5.74, 6) is -0.113. The van der Waals surface area contributed by atoms with Crippen LogP contribution in [0.3, 0.4) is 0 Å². The minimum atomic E-state index is -0.526. The Hall–Kier alpha value is -0.770. The van der Waals surface area contributed by atoms with Crippen molar-refractivity contribution in [3.63, 3.8) is 0 Å². The summed E-state index contributed by atoms with van der Waals surface area (Å²) in [7, 11) is 0. The van der Waals surface area contributed by atoms with E-state index in [-0.39, 0.29) is 5.56 Å². The molecule has 0 aromatic heterocycles. The number of halogens is 2. The maximum atomic E-state index is 12.3. The van der Waals surface area contributed by atoms with Crippen LogP contribution in [0.5, 0.6) is 0 Å². The van der Waals surface area contributed by atoms with Gasteiger partial charge in [-0.25, -0.2) is 4.79 Å². The van der Waals surface area contributed by atoms with Crippen molar-refractivity contribution in [2.24, 2.45) is 5.92 Å². The van der Waals surface area contributed by atoms with Gasteiger partial charge >= 0.3 is 5.97 Å². The van der Waals surface area contributed by atoms with Crippen LogP contribution in [0.2, 0.25) is 10.0 Å². The summed E-state index contributed by atoms with van der Waals surface area (Å²) < 4.78 is 5.69. The standard InChI is InChI=1S/C15H19Cl2NO2/c1-15(2,10-6-8-18-9-7-10)20-14(19)13-11(16)4-3-5-12(13)17/h3-5,10,18H,6-9H2,1-2H3. The summed E-state index contributed by atoms with van der Waals surface area (Å²) in [4.78, 5) is 12.3. The Morgan fingerprint density at radius 3 is 2.35 bits per heavy atom. The third kappa shape index (κ3) is 3.46. The lowest BCUT2D eigenvalue weighted by Crippen LogP contribution is -2.42. The Bertz CT molecular complexity index is 476. The van der Waals surface area contributed by atoms with Crippen LogP contribution in [0.4, 0.5) is 0 Å². The van der Waals surface area contributed by atoms with E-state index in [1.807, 2.05) is 13.8 Å². The molecule has 0 saturated carbocycles. The van der Waals surface area contributed by atoms with Gasteiger partial charge in [-0.2, -0.15) is 0 Å². The quantitative estimate of drug-likeness (QED) is 0.859. The van der Waals surface area contributed by atoms with Crippen molar-refractivity contribution in [3.8, 4) is 0 Å². The lowest BCUT2D eigenvalue weighted by atomic mass is 9.83. The van der Waals surface area contributed by atoms with Gasteiger partial charge < -0.3 is 10.1 Å². The van der Waals surface area contributed by atoms with Crippen LogP contribution in [0, 0.1) is 5.92 Å². The minimum Gasteiger partial charge on any atom is -0.456 e. The van der Waals surface area contributed by atoms with Crippen LogP contribution in [0.1, 0.15) is 37.0 Å². The molecule has 1 heterocycles. The van der Waals surface area contributed by atoms with E-state index in [0.717, 1.165) is 25.9 Å². The molecule has 3 nitrogen and oxygen atoms in total. The van der Waals surface area contributed by atoms with E-state index in [2.05, 4.69) is 5.32 Å². The molecule has 0 radical (unpaired) electrons. The van der Waals surface area contributed by atoms with Crippen molar-refractivity contribution in [1.82, 2.24) is 5.32 Å². The van der Waals surface area contributed by atoms with Crippen molar-refractivity contribution >= 4 is 29.2 Å². The highest BCUT2D eigenvalue weighted by molar-refractivity contribution is 6.39. The molecule has 2 rings (SSSR count). The highest BCUT2D eigenvalue weighted by atomic mass is 35.5. The van der Waals surface area contributed by atoms with Crippen molar-refractivity contribution in [1.29, 1.82) is 0 Å². The number of ether oxygens (including phenoxy) is 1. The molecule has 1 fully saturated rings. The van der Waals surface area contributed by atoms with Gasteiger partial charge in [0.15, 0.2) is 0 Å². The molecule has 20 heavy (non-hydrogen) atoms. The van der Waals surface area contributed by atoms with Gasteiger partial charge in [0.25, 0.3) is 0 Å². The first kappa shape index (κ1) is 15.6. The number of rotatable bonds is 3. The Morgan fingerprint density at radius 1 is 1.25 bits per heavy atom. The number of esters is 1. The smallest absolute Gasteiger partial charge is 0.341 e. The molecular weight excluding hydrogens is 297 g/mol. The van der Waals surface area contributed by atoms with E-state index >= 15 is 0 Å². The van der Waals surface area contributed by atoms with Gasteiger partial charge in [0.2, 0.25) is 0 Å². The Morgan fingerprint density at radius 2 is 1.80 bits per heavy atom. The summed E-state index contributed by atoms with van der Waals surface area (Å²) in [6, 6.07) is 4.99. The number of piperidine rings is 1. The van der Waals surface area contributed by atoms with Crippen LogP contribution in [-0.2, 0) is 4.74 Å². The van der Waals surface area contributed by atoms with E-state index in [1.54, 1.807) is 18.2 Å². The van der Waals surface area contributed by atoms with Gasteiger partial charge in [0, 0.05) is 5.92 Å². The SMILES string of the molecule is CC(C)(OC(=O)c1c(Cl)cccc1Cl)C1CCNCC1. The molecule has 0 amide bonds. The molecule has 1 aliphatic heterocycles. The zero-order chi connectivity index (χ0) is 14.8. The van der Waals surface area contributed by atoms with Crippen molar-refractivity contribution in [3.05, 3.63) is 33.8 Å². The van der Waals surface area contributed by atoms with E-state index in [0.29, 0.717) is 16.0 Å². The van der Waals surface area contributed by atoms with Crippen LogP contribution in [0.15, 0.2) is 18.2 Å². The van der Waals surface area contributed by atoms with Gasteiger partial charge in [-0.3, -0.25) is 0 Å². The van der Waals surface area contributed by atoms with Crippen LogP contribution in [0.25, 0.3) is 0 Å². The second-order valence-electron chi connectivity index (χ2n) is 5.61. The van der Waals surface area contributed by atoms with Gasteiger partial charge in [-0.05, 0) is 51.9 Å². The summed E-state index contributed by atoms with van der Waals surface area (Å²) in [5, 5.41) is 3.95. The van der Waals surface area contributed by atoms with E-state index < -0.39 is 11.6 Å². The number of benzene rings is 1. The zero-order valence-corrected chi connectivity index (χ0v) is 13.2. The van der Waals surface area contributed by atoms with Crippen molar-refractivity contribution in [2.75, 3.05) is 13.1 Å². The highest BCUT2D eigenvalue weighted by Crippen LogP contribution is 2.32. The van der Waals surface area contributed by atoms with Gasteiger partial charge in [0.05, 0.1) is 15.6 Å². The first-order chi connectivity index (χ1) is 9.42. The molecule has 1 N–H and O–H groups in total. The van der Waals surface area contributed by atoms with Crippen LogP contribution >= 0.6 is 23.2 Å². The average Bonchev–Trinajstić information content (AvgIpc) is 2.39. The lowest BCUT2D eigenvalue weighted by Gasteiger charge is -2.36. The second kappa shape index (κ2) is 6.33. The monoisotopic (exact) mass is 315 g/mol. The largest absolute Gasteiger partial charge is 0.456 e. The number of nitrogens with one attached hydrogen (secondary N) is 1. The first-order valence-electron chi connectivity index (χ1n) is 6.80. The summed E-state index contributed by atoms with van der Waals surface area (Å²) in [5.41, 5.74) is -0.278. The maximum absolute atomic E-state index is 12.3. The number of carbonyl (C=O) groups excluding carboxylic acids is 1. The van der Waals surface area contributed by atoms with Crippen LogP contribution in [-0.4, -0.2) is 24.7 Å². The first-order valence-corrected chi connectivity index (χ1v) is 7.55. The zero-order valence-electron chi connectivity index (χ0n) is 11.7. The second-order valence-corrected chi connectivity index (χ2v) is 6.43. The number of hydrogen-bond donors (Lipinski definition) is 1. The van der Waals surface area contributed by atoms with Crippen molar-refractivity contribution < 1.29 is 9.53 Å². The molecule has 0 aliphatic carbocycles. The third-order valence-electron chi connectivity index (χ3n) is 3.84. The normalized spacial score (nSPS) is 17.0. The van der Waals surface area contributed by atoms with Gasteiger partial charge in [0.1, 0.15) is 5.60 Å². The average molecular weight is 316 g/mol. The Balaban J connectivity index is 2.14. The van der Waals surface area contributed by atoms with E-state index in [9.17, 15) is 4.79 Å². The summed E-state index contributed by atoms with van der Waals surface area (Å²) in [6.07, 6.45) is 1.99. The molecule has 1 aromatic rings.